The van der Waals surface area contributed by atoms with Gasteiger partial charge in [-0.2, -0.15) is 0 Å². The summed E-state index contributed by atoms with van der Waals surface area (Å²) < 4.78 is 15.7. The molecule has 5 heterocycles. The van der Waals surface area contributed by atoms with Crippen LogP contribution in [0.25, 0.3) is 86.3 Å². The highest BCUT2D eigenvalue weighted by atomic mass is 32.1. The van der Waals surface area contributed by atoms with Crippen LogP contribution >= 0.6 is 11.3 Å². The van der Waals surface area contributed by atoms with Gasteiger partial charge in [0.2, 0.25) is 6.71 Å². The SMILES string of the molecule is c1ccc2c(c1)B1c3cc4c(cc3N(c3ccc5c(c3)oc3ccccc35)c3cc(-c5ccc6sc7ccccc7c6c5)cc-2c31)oc1ccccc14. The van der Waals surface area contributed by atoms with Crippen molar-refractivity contribution in [3.63, 3.8) is 0 Å². The topological polar surface area (TPSA) is 29.5 Å². The van der Waals surface area contributed by atoms with Gasteiger partial charge in [-0.3, -0.25) is 0 Å². The molecule has 53 heavy (non-hydrogen) atoms. The third-order valence-electron chi connectivity index (χ3n) is 11.7. The van der Waals surface area contributed by atoms with Crippen molar-refractivity contribution in [1.29, 1.82) is 0 Å². The van der Waals surface area contributed by atoms with Gasteiger partial charge in [0.25, 0.3) is 0 Å². The van der Waals surface area contributed by atoms with Gasteiger partial charge in [-0.1, -0.05) is 96.5 Å². The van der Waals surface area contributed by atoms with Gasteiger partial charge in [0.05, 0.1) is 0 Å². The van der Waals surface area contributed by atoms with E-state index in [9.17, 15) is 0 Å². The molecule has 0 unspecified atom stereocenters. The van der Waals surface area contributed by atoms with Crippen molar-refractivity contribution in [2.24, 2.45) is 0 Å². The van der Waals surface area contributed by atoms with Crippen molar-refractivity contribution in [2.45, 2.75) is 0 Å². The first-order valence-electron chi connectivity index (χ1n) is 18.1. The number of furan rings is 2. The minimum atomic E-state index is 0.0905. The highest BCUT2D eigenvalue weighted by Gasteiger charge is 2.43. The minimum absolute atomic E-state index is 0.0905. The summed E-state index contributed by atoms with van der Waals surface area (Å²) in [6, 6.07) is 57.6. The minimum Gasteiger partial charge on any atom is -0.456 e. The van der Waals surface area contributed by atoms with Crippen LogP contribution in [0, 0.1) is 0 Å². The smallest absolute Gasteiger partial charge is 0.248 e. The molecule has 0 amide bonds. The van der Waals surface area contributed by atoms with E-state index in [4.69, 9.17) is 8.83 Å². The Morgan fingerprint density at radius 2 is 1.11 bits per heavy atom. The van der Waals surface area contributed by atoms with Crippen molar-refractivity contribution >= 4 is 116 Å². The molecule has 13 rings (SSSR count). The molecule has 0 fully saturated rings. The third-order valence-corrected chi connectivity index (χ3v) is 12.8. The second kappa shape index (κ2) is 10.1. The zero-order valence-corrected chi connectivity index (χ0v) is 29.1. The first-order valence-corrected chi connectivity index (χ1v) is 18.9. The van der Waals surface area contributed by atoms with Crippen LogP contribution in [0.15, 0.2) is 167 Å². The molecular formula is C48H26BNO2S. The van der Waals surface area contributed by atoms with E-state index in [1.807, 2.05) is 23.5 Å². The van der Waals surface area contributed by atoms with Gasteiger partial charge < -0.3 is 13.7 Å². The lowest BCUT2D eigenvalue weighted by atomic mass is 9.37. The molecule has 0 N–H and O–H groups in total. The summed E-state index contributed by atoms with van der Waals surface area (Å²) >= 11 is 1.86. The maximum Gasteiger partial charge on any atom is 0.248 e. The summed E-state index contributed by atoms with van der Waals surface area (Å²) in [7, 11) is 0. The number of anilines is 3. The average molecular weight is 692 g/mol. The predicted octanol–water partition coefficient (Wildman–Crippen LogP) is 11.8. The molecule has 8 aromatic carbocycles. The number of para-hydroxylation sites is 2. The predicted molar refractivity (Wildman–Crippen MR) is 224 cm³/mol. The zero-order valence-electron chi connectivity index (χ0n) is 28.3. The molecule has 3 aromatic heterocycles. The quantitative estimate of drug-likeness (QED) is 0.169. The maximum absolute atomic E-state index is 6.57. The molecule has 2 aliphatic rings. The standard InChI is InChI=1S/C48H26BNO2S/c1-5-13-38-30(9-1)37-22-28(27-17-20-47-36(21-27)34-12-4-8-16-46(34)53-47)23-41-48(37)49(38)39-25-35-32-11-3-7-15-43(32)52-45(35)26-40(39)50(41)29-18-19-33-31-10-2-6-14-42(31)51-44(33)24-29/h1-26H. The number of benzene rings is 8. The molecule has 244 valence electrons. The number of rotatable bonds is 2. The fourth-order valence-corrected chi connectivity index (χ4v) is 10.4. The Labute approximate surface area is 308 Å². The van der Waals surface area contributed by atoms with Gasteiger partial charge in [-0.25, -0.2) is 0 Å². The van der Waals surface area contributed by atoms with Crippen LogP contribution < -0.4 is 21.3 Å². The lowest BCUT2D eigenvalue weighted by Gasteiger charge is -2.36. The van der Waals surface area contributed by atoms with E-state index in [0.717, 1.165) is 55.3 Å². The Hall–Kier alpha value is -6.56. The fraction of sp³-hybridized carbons (Fsp3) is 0. The van der Waals surface area contributed by atoms with Crippen molar-refractivity contribution in [3.05, 3.63) is 158 Å². The van der Waals surface area contributed by atoms with Crippen molar-refractivity contribution in [3.8, 4) is 22.3 Å². The molecule has 3 nitrogen and oxygen atoms in total. The summed E-state index contributed by atoms with van der Waals surface area (Å²) in [5.74, 6) is 0. The summed E-state index contributed by atoms with van der Waals surface area (Å²) in [4.78, 5) is 2.46. The lowest BCUT2D eigenvalue weighted by molar-refractivity contribution is 0.669. The first kappa shape index (κ1) is 28.1. The first-order chi connectivity index (χ1) is 26.2. The van der Waals surface area contributed by atoms with Crippen molar-refractivity contribution < 1.29 is 8.83 Å². The van der Waals surface area contributed by atoms with Gasteiger partial charge in [-0.15, -0.1) is 11.3 Å². The Kier molecular flexibility index (Phi) is 5.33. The van der Waals surface area contributed by atoms with Crippen molar-refractivity contribution in [1.82, 2.24) is 0 Å². The third kappa shape index (κ3) is 3.74. The number of hydrogen-bond donors (Lipinski definition) is 0. The van der Waals surface area contributed by atoms with E-state index < -0.39 is 0 Å². The van der Waals surface area contributed by atoms with Gasteiger partial charge in [0, 0.05) is 70.9 Å². The van der Waals surface area contributed by atoms with E-state index in [2.05, 4.69) is 150 Å². The second-order valence-corrected chi connectivity index (χ2v) is 15.5. The Morgan fingerprint density at radius 1 is 0.415 bits per heavy atom. The molecule has 0 saturated carbocycles. The zero-order chi connectivity index (χ0) is 34.4. The molecule has 0 atom stereocenters. The molecular weight excluding hydrogens is 665 g/mol. The normalized spacial score (nSPS) is 13.2. The average Bonchev–Trinajstić information content (AvgIpc) is 3.96. The van der Waals surface area contributed by atoms with E-state index >= 15 is 0 Å². The van der Waals surface area contributed by atoms with Crippen molar-refractivity contribution in [2.75, 3.05) is 4.90 Å². The van der Waals surface area contributed by atoms with Gasteiger partial charge >= 0.3 is 0 Å². The summed E-state index contributed by atoms with van der Waals surface area (Å²) in [5, 5.41) is 7.16. The van der Waals surface area contributed by atoms with E-state index in [0.29, 0.717) is 0 Å². The Morgan fingerprint density at radius 3 is 1.98 bits per heavy atom. The van der Waals surface area contributed by atoms with E-state index in [1.165, 1.54) is 64.5 Å². The second-order valence-electron chi connectivity index (χ2n) is 14.4. The molecule has 0 aliphatic carbocycles. The van der Waals surface area contributed by atoms with E-state index in [-0.39, 0.29) is 6.71 Å². The van der Waals surface area contributed by atoms with E-state index in [1.54, 1.807) is 0 Å². The van der Waals surface area contributed by atoms with Crippen LogP contribution in [0.1, 0.15) is 0 Å². The van der Waals surface area contributed by atoms with Gasteiger partial charge in [0.15, 0.2) is 0 Å². The van der Waals surface area contributed by atoms with Gasteiger partial charge in [0.1, 0.15) is 22.3 Å². The Bertz CT molecular complexity index is 3390. The molecule has 0 radical (unpaired) electrons. The maximum atomic E-state index is 6.57. The molecule has 0 bridgehead atoms. The molecule has 11 aromatic rings. The fourth-order valence-electron chi connectivity index (χ4n) is 9.36. The van der Waals surface area contributed by atoms with Gasteiger partial charge in [-0.05, 0) is 87.8 Å². The largest absolute Gasteiger partial charge is 0.456 e. The number of thiophene rings is 1. The summed E-state index contributed by atoms with van der Waals surface area (Å²) in [6.45, 7) is 0.0905. The van der Waals surface area contributed by atoms with Crippen LogP contribution in [-0.2, 0) is 0 Å². The highest BCUT2D eigenvalue weighted by molar-refractivity contribution is 7.25. The molecule has 5 heteroatoms. The molecule has 0 saturated heterocycles. The molecule has 0 spiro atoms. The number of hydrogen-bond acceptors (Lipinski definition) is 4. The lowest BCUT2D eigenvalue weighted by Crippen LogP contribution is -2.54. The summed E-state index contributed by atoms with van der Waals surface area (Å²) in [6.07, 6.45) is 0. The van der Waals surface area contributed by atoms with Crippen LogP contribution in [-0.4, -0.2) is 6.71 Å². The van der Waals surface area contributed by atoms with Crippen LogP contribution in [0.5, 0.6) is 0 Å². The molecule has 2 aliphatic heterocycles. The van der Waals surface area contributed by atoms with Crippen LogP contribution in [0.4, 0.5) is 17.1 Å². The summed E-state index contributed by atoms with van der Waals surface area (Å²) in [5.41, 5.74) is 15.9. The van der Waals surface area contributed by atoms with Crippen LogP contribution in [0.2, 0.25) is 0 Å². The monoisotopic (exact) mass is 691 g/mol. The Balaban J connectivity index is 1.13. The number of nitrogens with zero attached hydrogens (tertiary/aromatic N) is 1. The van der Waals surface area contributed by atoms with Crippen LogP contribution in [0.3, 0.4) is 0 Å². The number of fused-ring (bicyclic) bond motifs is 14. The highest BCUT2D eigenvalue weighted by Crippen LogP contribution is 2.46.